The van der Waals surface area contributed by atoms with Crippen LogP contribution in [0.4, 0.5) is 15.8 Å². The van der Waals surface area contributed by atoms with E-state index in [1.54, 1.807) is 30.3 Å². The second-order valence-electron chi connectivity index (χ2n) is 5.07. The molecule has 0 aromatic heterocycles. The molecule has 0 aliphatic heterocycles. The van der Waals surface area contributed by atoms with Gasteiger partial charge in [-0.3, -0.25) is 9.10 Å². The zero-order valence-corrected chi connectivity index (χ0v) is 13.5. The Hall–Kier alpha value is -2.41. The SMILES string of the molecule is CC(C(=O)Nc1ccccc1)N(c1cccc(F)c1)S(C)(=O)=O. The Morgan fingerprint density at radius 2 is 1.78 bits per heavy atom. The van der Waals surface area contributed by atoms with E-state index in [1.165, 1.54) is 25.1 Å². The maximum Gasteiger partial charge on any atom is 0.247 e. The lowest BCUT2D eigenvalue weighted by atomic mass is 10.2. The molecule has 7 heteroatoms. The van der Waals surface area contributed by atoms with E-state index in [1.807, 2.05) is 0 Å². The summed E-state index contributed by atoms with van der Waals surface area (Å²) in [5.74, 6) is -1.09. The quantitative estimate of drug-likeness (QED) is 0.913. The zero-order valence-electron chi connectivity index (χ0n) is 12.7. The summed E-state index contributed by atoms with van der Waals surface area (Å²) in [6, 6.07) is 12.8. The molecule has 0 bridgehead atoms. The highest BCUT2D eigenvalue weighted by molar-refractivity contribution is 7.92. The first kappa shape index (κ1) is 17.0. The normalized spacial score (nSPS) is 12.5. The van der Waals surface area contributed by atoms with Gasteiger partial charge >= 0.3 is 0 Å². The van der Waals surface area contributed by atoms with Crippen LogP contribution in [-0.4, -0.2) is 26.6 Å². The number of hydrogen-bond donors (Lipinski definition) is 1. The molecule has 2 aromatic carbocycles. The Labute approximate surface area is 134 Å². The van der Waals surface area contributed by atoms with Gasteiger partial charge in [-0.2, -0.15) is 0 Å². The van der Waals surface area contributed by atoms with Crippen LogP contribution >= 0.6 is 0 Å². The van der Waals surface area contributed by atoms with Crippen molar-refractivity contribution < 1.29 is 17.6 Å². The lowest BCUT2D eigenvalue weighted by molar-refractivity contribution is -0.116. The van der Waals surface area contributed by atoms with Crippen molar-refractivity contribution in [2.45, 2.75) is 13.0 Å². The molecule has 0 aliphatic carbocycles. The van der Waals surface area contributed by atoms with Crippen molar-refractivity contribution in [1.82, 2.24) is 0 Å². The van der Waals surface area contributed by atoms with Gasteiger partial charge in [0.15, 0.2) is 0 Å². The number of anilines is 2. The summed E-state index contributed by atoms with van der Waals surface area (Å²) in [7, 11) is -3.77. The van der Waals surface area contributed by atoms with Gasteiger partial charge in [-0.15, -0.1) is 0 Å². The number of carbonyl (C=O) groups excluding carboxylic acids is 1. The molecule has 1 atom stereocenters. The number of sulfonamides is 1. The molecule has 0 saturated carbocycles. The minimum absolute atomic E-state index is 0.100. The molecule has 23 heavy (non-hydrogen) atoms. The average molecular weight is 336 g/mol. The van der Waals surface area contributed by atoms with E-state index < -0.39 is 27.8 Å². The van der Waals surface area contributed by atoms with Crippen LogP contribution in [0, 0.1) is 5.82 Å². The second kappa shape index (κ2) is 6.78. The average Bonchev–Trinajstić information content (AvgIpc) is 2.47. The van der Waals surface area contributed by atoms with E-state index in [9.17, 15) is 17.6 Å². The van der Waals surface area contributed by atoms with Crippen LogP contribution < -0.4 is 9.62 Å². The summed E-state index contributed by atoms with van der Waals surface area (Å²) in [5, 5.41) is 2.64. The summed E-state index contributed by atoms with van der Waals surface area (Å²) >= 11 is 0. The number of para-hydroxylation sites is 1. The van der Waals surface area contributed by atoms with Crippen LogP contribution in [0.1, 0.15) is 6.92 Å². The number of halogens is 1. The highest BCUT2D eigenvalue weighted by atomic mass is 32.2. The zero-order chi connectivity index (χ0) is 17.0. The fraction of sp³-hybridized carbons (Fsp3) is 0.188. The summed E-state index contributed by atoms with van der Waals surface area (Å²) in [6.07, 6.45) is 0.976. The minimum atomic E-state index is -3.77. The summed E-state index contributed by atoms with van der Waals surface area (Å²) in [5.41, 5.74) is 0.653. The standard InChI is InChI=1S/C16H17FN2O3S/c1-12(16(20)18-14-8-4-3-5-9-14)19(23(2,21)22)15-10-6-7-13(17)11-15/h3-12H,1-2H3,(H,18,20). The minimum Gasteiger partial charge on any atom is -0.324 e. The molecule has 0 aliphatic rings. The molecule has 0 heterocycles. The van der Waals surface area contributed by atoms with E-state index in [0.29, 0.717) is 5.69 Å². The van der Waals surface area contributed by atoms with Crippen LogP contribution in [0.2, 0.25) is 0 Å². The van der Waals surface area contributed by atoms with Crippen molar-refractivity contribution in [3.63, 3.8) is 0 Å². The van der Waals surface area contributed by atoms with Gasteiger partial charge in [0.25, 0.3) is 0 Å². The van der Waals surface area contributed by atoms with E-state index in [2.05, 4.69) is 5.32 Å². The predicted molar refractivity (Wildman–Crippen MR) is 88.3 cm³/mol. The summed E-state index contributed by atoms with van der Waals surface area (Å²) < 4.78 is 38.4. The van der Waals surface area contributed by atoms with Crippen molar-refractivity contribution in [1.29, 1.82) is 0 Å². The monoisotopic (exact) mass is 336 g/mol. The van der Waals surface area contributed by atoms with E-state index in [-0.39, 0.29) is 5.69 Å². The first-order valence-corrected chi connectivity index (χ1v) is 8.75. The molecular weight excluding hydrogens is 319 g/mol. The first-order chi connectivity index (χ1) is 10.8. The van der Waals surface area contributed by atoms with Crippen molar-refractivity contribution >= 4 is 27.3 Å². The number of benzene rings is 2. The fourth-order valence-electron chi connectivity index (χ4n) is 2.19. The van der Waals surface area contributed by atoms with Crippen molar-refractivity contribution in [2.24, 2.45) is 0 Å². The molecule has 5 nitrogen and oxygen atoms in total. The molecule has 0 fully saturated rings. The Kier molecular flexibility index (Phi) is 5.00. The lowest BCUT2D eigenvalue weighted by Gasteiger charge is -2.28. The molecular formula is C16H17FN2O3S. The number of rotatable bonds is 5. The number of nitrogens with zero attached hydrogens (tertiary/aromatic N) is 1. The van der Waals surface area contributed by atoms with E-state index >= 15 is 0 Å². The van der Waals surface area contributed by atoms with Gasteiger partial charge in [0.1, 0.15) is 11.9 Å². The van der Waals surface area contributed by atoms with Gasteiger partial charge in [0, 0.05) is 5.69 Å². The van der Waals surface area contributed by atoms with Crippen LogP contribution in [0.5, 0.6) is 0 Å². The van der Waals surface area contributed by atoms with Gasteiger partial charge in [0.05, 0.1) is 11.9 Å². The van der Waals surface area contributed by atoms with Crippen molar-refractivity contribution in [3.8, 4) is 0 Å². The van der Waals surface area contributed by atoms with E-state index in [0.717, 1.165) is 16.6 Å². The third kappa shape index (κ3) is 4.29. The molecule has 0 radical (unpaired) electrons. The van der Waals surface area contributed by atoms with Crippen LogP contribution in [0.15, 0.2) is 54.6 Å². The molecule has 0 spiro atoms. The number of nitrogens with one attached hydrogen (secondary N) is 1. The van der Waals surface area contributed by atoms with Crippen LogP contribution in [-0.2, 0) is 14.8 Å². The maximum absolute atomic E-state index is 13.4. The molecule has 0 saturated heterocycles. The Bertz CT molecular complexity index is 794. The predicted octanol–water partition coefficient (Wildman–Crippen LogP) is 2.62. The van der Waals surface area contributed by atoms with Gasteiger partial charge in [-0.1, -0.05) is 24.3 Å². The number of amides is 1. The maximum atomic E-state index is 13.4. The Morgan fingerprint density at radius 3 is 2.35 bits per heavy atom. The third-order valence-electron chi connectivity index (χ3n) is 3.19. The van der Waals surface area contributed by atoms with Crippen LogP contribution in [0.25, 0.3) is 0 Å². The summed E-state index contributed by atoms with van der Waals surface area (Å²) in [4.78, 5) is 12.3. The topological polar surface area (TPSA) is 66.5 Å². The highest BCUT2D eigenvalue weighted by Gasteiger charge is 2.29. The van der Waals surface area contributed by atoms with Gasteiger partial charge in [-0.05, 0) is 37.3 Å². The fourth-order valence-corrected chi connectivity index (χ4v) is 3.36. The third-order valence-corrected chi connectivity index (χ3v) is 4.43. The molecule has 1 unspecified atom stereocenters. The molecule has 122 valence electrons. The molecule has 2 aromatic rings. The van der Waals surface area contributed by atoms with Crippen molar-refractivity contribution in [3.05, 3.63) is 60.4 Å². The first-order valence-electron chi connectivity index (χ1n) is 6.90. The van der Waals surface area contributed by atoms with Gasteiger partial charge in [-0.25, -0.2) is 12.8 Å². The van der Waals surface area contributed by atoms with Crippen molar-refractivity contribution in [2.75, 3.05) is 15.9 Å². The largest absolute Gasteiger partial charge is 0.324 e. The smallest absolute Gasteiger partial charge is 0.247 e. The summed E-state index contributed by atoms with van der Waals surface area (Å²) in [6.45, 7) is 1.45. The molecule has 1 N–H and O–H groups in total. The van der Waals surface area contributed by atoms with Gasteiger partial charge < -0.3 is 5.32 Å². The number of carbonyl (C=O) groups is 1. The highest BCUT2D eigenvalue weighted by Crippen LogP contribution is 2.22. The molecule has 1 amide bonds. The van der Waals surface area contributed by atoms with E-state index in [4.69, 9.17) is 0 Å². The molecule has 2 rings (SSSR count). The Morgan fingerprint density at radius 1 is 1.13 bits per heavy atom. The van der Waals surface area contributed by atoms with Gasteiger partial charge in [0.2, 0.25) is 15.9 Å². The van der Waals surface area contributed by atoms with Crippen LogP contribution in [0.3, 0.4) is 0 Å². The lowest BCUT2D eigenvalue weighted by Crippen LogP contribution is -2.45. The second-order valence-corrected chi connectivity index (χ2v) is 6.93. The Balaban J connectivity index is 2.31. The number of hydrogen-bond acceptors (Lipinski definition) is 3.